The number of likely N-dealkylation sites (tertiary alicyclic amines) is 1. The van der Waals surface area contributed by atoms with E-state index in [2.05, 4.69) is 11.4 Å². The van der Waals surface area contributed by atoms with E-state index in [-0.39, 0.29) is 17.9 Å². The highest BCUT2D eigenvalue weighted by Crippen LogP contribution is 2.52. The van der Waals surface area contributed by atoms with E-state index < -0.39 is 17.4 Å². The van der Waals surface area contributed by atoms with Crippen LogP contribution in [-0.4, -0.2) is 41.5 Å². The minimum Gasteiger partial charge on any atom is -0.360 e. The molecule has 5 nitrogen and oxygen atoms in total. The number of hydrogen-bond donors (Lipinski definition) is 1. The Balaban J connectivity index is 1.25. The number of nitrogens with one attached hydrogen (secondary N) is 1. The van der Waals surface area contributed by atoms with Crippen molar-refractivity contribution in [3.05, 3.63) is 46.2 Å². The summed E-state index contributed by atoms with van der Waals surface area (Å²) in [5.74, 6) is -0.790. The summed E-state index contributed by atoms with van der Waals surface area (Å²) in [4.78, 5) is 29.1. The van der Waals surface area contributed by atoms with Gasteiger partial charge < -0.3 is 15.0 Å². The van der Waals surface area contributed by atoms with Crippen LogP contribution >= 0.6 is 11.3 Å². The smallest absolute Gasteiger partial charge is 0.230 e. The van der Waals surface area contributed by atoms with Gasteiger partial charge in [0.1, 0.15) is 5.60 Å². The fraction of sp³-hybridized carbons (Fsp3) is 0.545. The average molecular weight is 399 g/mol. The minimum atomic E-state index is -0.618. The van der Waals surface area contributed by atoms with E-state index in [0.29, 0.717) is 19.6 Å². The molecule has 1 aliphatic carbocycles. The van der Waals surface area contributed by atoms with Gasteiger partial charge in [-0.2, -0.15) is 0 Å². The largest absolute Gasteiger partial charge is 0.360 e. The van der Waals surface area contributed by atoms with E-state index in [0.717, 1.165) is 24.1 Å². The molecular formula is C22H26N2O3S. The average Bonchev–Trinajstić information content (AvgIpc) is 3.46. The summed E-state index contributed by atoms with van der Waals surface area (Å²) in [5.41, 5.74) is 0.832. The fourth-order valence-corrected chi connectivity index (χ4v) is 5.92. The van der Waals surface area contributed by atoms with Crippen LogP contribution in [-0.2, 0) is 20.9 Å². The van der Waals surface area contributed by atoms with Crippen molar-refractivity contribution in [2.45, 2.75) is 50.4 Å². The van der Waals surface area contributed by atoms with Gasteiger partial charge in [-0.15, -0.1) is 11.3 Å². The second kappa shape index (κ2) is 7.16. The number of carbonyl (C=O) groups is 2. The molecule has 2 bridgehead atoms. The van der Waals surface area contributed by atoms with E-state index in [9.17, 15) is 9.59 Å². The Hall–Kier alpha value is -1.92. The number of carbonyl (C=O) groups excluding carboxylic acids is 2. The number of amides is 2. The van der Waals surface area contributed by atoms with Crippen LogP contribution in [0.15, 0.2) is 41.3 Å². The molecular weight excluding hydrogens is 372 g/mol. The third kappa shape index (κ3) is 3.03. The van der Waals surface area contributed by atoms with Crippen molar-refractivity contribution in [1.82, 2.24) is 10.2 Å². The summed E-state index contributed by atoms with van der Waals surface area (Å²) in [6, 6.07) is 4.04. The molecule has 2 fully saturated rings. The standard InChI is InChI=1S/C22H26N2O3S/c25-20(23-11-9-15-5-2-1-3-6-15)18-17-8-10-22(27-17)14-24(21(26)19(18)22)13-16-7-4-12-28-16/h4-5,7-8,10,12,17-19H,1-3,6,9,11,13-14H2,(H,23,25)/t17-,18?,19-,22?/m1/s1. The molecule has 1 spiro atoms. The van der Waals surface area contributed by atoms with Gasteiger partial charge in [-0.05, 0) is 43.6 Å². The van der Waals surface area contributed by atoms with Crippen LogP contribution in [0.4, 0.5) is 0 Å². The molecule has 4 aliphatic rings. The lowest BCUT2D eigenvalue weighted by atomic mass is 9.77. The molecule has 2 unspecified atom stereocenters. The second-order valence-corrected chi connectivity index (χ2v) is 9.36. The number of thiophene rings is 1. The van der Waals surface area contributed by atoms with Gasteiger partial charge in [0, 0.05) is 11.4 Å². The van der Waals surface area contributed by atoms with Crippen LogP contribution < -0.4 is 5.32 Å². The first-order valence-corrected chi connectivity index (χ1v) is 11.2. The van der Waals surface area contributed by atoms with Gasteiger partial charge >= 0.3 is 0 Å². The van der Waals surface area contributed by atoms with Crippen LogP contribution in [0.3, 0.4) is 0 Å². The predicted octanol–water partition coefficient (Wildman–Crippen LogP) is 3.04. The Morgan fingerprint density at radius 1 is 1.39 bits per heavy atom. The van der Waals surface area contributed by atoms with Crippen LogP contribution in [0.1, 0.15) is 37.0 Å². The van der Waals surface area contributed by atoms with Crippen molar-refractivity contribution in [1.29, 1.82) is 0 Å². The Bertz CT molecular complexity index is 831. The minimum absolute atomic E-state index is 0.0380. The molecule has 0 radical (unpaired) electrons. The van der Waals surface area contributed by atoms with Crippen molar-refractivity contribution in [3.8, 4) is 0 Å². The Kier molecular flexibility index (Phi) is 4.63. The Morgan fingerprint density at radius 2 is 2.32 bits per heavy atom. The highest BCUT2D eigenvalue weighted by atomic mass is 32.1. The topological polar surface area (TPSA) is 58.6 Å². The first-order valence-electron chi connectivity index (χ1n) is 10.3. The maximum absolute atomic E-state index is 13.2. The third-order valence-corrected chi connectivity index (χ3v) is 7.40. The number of rotatable bonds is 6. The van der Waals surface area contributed by atoms with E-state index in [4.69, 9.17) is 4.74 Å². The van der Waals surface area contributed by atoms with Gasteiger partial charge in [-0.1, -0.05) is 29.9 Å². The first kappa shape index (κ1) is 18.1. The van der Waals surface area contributed by atoms with Crippen LogP contribution in [0.5, 0.6) is 0 Å². The Labute approximate surface area is 169 Å². The molecule has 6 heteroatoms. The molecule has 1 aromatic rings. The van der Waals surface area contributed by atoms with Crippen molar-refractivity contribution < 1.29 is 14.3 Å². The van der Waals surface area contributed by atoms with Gasteiger partial charge in [-0.3, -0.25) is 9.59 Å². The molecule has 3 aliphatic heterocycles. The van der Waals surface area contributed by atoms with Gasteiger partial charge in [-0.25, -0.2) is 0 Å². The molecule has 148 valence electrons. The number of ether oxygens (including phenoxy) is 1. The van der Waals surface area contributed by atoms with Crippen LogP contribution in [0.2, 0.25) is 0 Å². The first-order chi connectivity index (χ1) is 13.7. The molecule has 28 heavy (non-hydrogen) atoms. The molecule has 4 atom stereocenters. The second-order valence-electron chi connectivity index (χ2n) is 8.32. The van der Waals surface area contributed by atoms with E-state index >= 15 is 0 Å². The molecule has 4 heterocycles. The van der Waals surface area contributed by atoms with Crippen LogP contribution in [0, 0.1) is 11.8 Å². The lowest BCUT2D eigenvalue weighted by Gasteiger charge is -2.23. The molecule has 0 saturated carbocycles. The third-order valence-electron chi connectivity index (χ3n) is 6.54. The SMILES string of the molecule is O=C(NCCC1=CCCCC1)C1[C@H]2C=CC3(CN(Cc4cccs4)C(=O)[C@@H]13)O2. The molecule has 2 amide bonds. The number of allylic oxidation sites excluding steroid dienone is 1. The summed E-state index contributed by atoms with van der Waals surface area (Å²) in [7, 11) is 0. The normalized spacial score (nSPS) is 33.3. The van der Waals surface area contributed by atoms with Crippen molar-refractivity contribution in [2.75, 3.05) is 13.1 Å². The van der Waals surface area contributed by atoms with Gasteiger partial charge in [0.25, 0.3) is 0 Å². The Morgan fingerprint density at radius 3 is 3.11 bits per heavy atom. The van der Waals surface area contributed by atoms with E-state index in [1.165, 1.54) is 18.4 Å². The summed E-state index contributed by atoms with van der Waals surface area (Å²) in [6.07, 6.45) is 11.8. The summed E-state index contributed by atoms with van der Waals surface area (Å²) < 4.78 is 6.19. The molecule has 5 rings (SSSR count). The maximum Gasteiger partial charge on any atom is 0.230 e. The molecule has 1 N–H and O–H groups in total. The lowest BCUT2D eigenvalue weighted by molar-refractivity contribution is -0.137. The molecule has 0 aromatic carbocycles. The van der Waals surface area contributed by atoms with E-state index in [1.807, 2.05) is 34.6 Å². The molecule has 1 aromatic heterocycles. The maximum atomic E-state index is 13.2. The zero-order chi connectivity index (χ0) is 19.1. The summed E-state index contributed by atoms with van der Waals surface area (Å²) in [6.45, 7) is 1.78. The monoisotopic (exact) mass is 398 g/mol. The van der Waals surface area contributed by atoms with Crippen LogP contribution in [0.25, 0.3) is 0 Å². The van der Waals surface area contributed by atoms with Crippen molar-refractivity contribution >= 4 is 23.2 Å². The number of fused-ring (bicyclic) bond motifs is 1. The number of nitrogens with zero attached hydrogens (tertiary/aromatic N) is 1. The summed E-state index contributed by atoms with van der Waals surface area (Å²) in [5, 5.41) is 5.11. The number of hydrogen-bond acceptors (Lipinski definition) is 4. The highest BCUT2D eigenvalue weighted by molar-refractivity contribution is 7.09. The lowest BCUT2D eigenvalue weighted by Crippen LogP contribution is -2.44. The molecule has 2 saturated heterocycles. The van der Waals surface area contributed by atoms with Gasteiger partial charge in [0.05, 0.1) is 31.0 Å². The van der Waals surface area contributed by atoms with Crippen molar-refractivity contribution in [3.63, 3.8) is 0 Å². The predicted molar refractivity (Wildman–Crippen MR) is 108 cm³/mol. The fourth-order valence-electron chi connectivity index (χ4n) is 5.20. The van der Waals surface area contributed by atoms with Crippen molar-refractivity contribution in [2.24, 2.45) is 11.8 Å². The highest BCUT2D eigenvalue weighted by Gasteiger charge is 2.66. The van der Waals surface area contributed by atoms with Gasteiger partial charge in [0.2, 0.25) is 11.8 Å². The van der Waals surface area contributed by atoms with Gasteiger partial charge in [0.15, 0.2) is 0 Å². The zero-order valence-corrected chi connectivity index (χ0v) is 16.7. The zero-order valence-electron chi connectivity index (χ0n) is 15.9. The van der Waals surface area contributed by atoms with E-state index in [1.54, 1.807) is 11.3 Å². The quantitative estimate of drug-likeness (QED) is 0.750. The summed E-state index contributed by atoms with van der Waals surface area (Å²) >= 11 is 1.65.